The summed E-state index contributed by atoms with van der Waals surface area (Å²) in [5.41, 5.74) is 9.94. The van der Waals surface area contributed by atoms with Crippen LogP contribution < -0.4 is 21.5 Å². The van der Waals surface area contributed by atoms with Crippen molar-refractivity contribution < 1.29 is 4.79 Å². The van der Waals surface area contributed by atoms with Gasteiger partial charge in [-0.3, -0.25) is 15.6 Å². The first-order valence-corrected chi connectivity index (χ1v) is 9.03. The van der Waals surface area contributed by atoms with Gasteiger partial charge in [0.1, 0.15) is 0 Å². The number of anilines is 1. The lowest BCUT2D eigenvalue weighted by molar-refractivity contribution is -0.119. The zero-order valence-electron chi connectivity index (χ0n) is 14.8. The molecule has 0 saturated heterocycles. The molecule has 24 heavy (non-hydrogen) atoms. The highest BCUT2D eigenvalue weighted by Crippen LogP contribution is 2.21. The van der Waals surface area contributed by atoms with Gasteiger partial charge in [-0.05, 0) is 57.0 Å². The van der Waals surface area contributed by atoms with Crippen molar-refractivity contribution in [2.45, 2.75) is 58.9 Å². The zero-order valence-corrected chi connectivity index (χ0v) is 15.6. The van der Waals surface area contributed by atoms with E-state index in [9.17, 15) is 4.79 Å². The summed E-state index contributed by atoms with van der Waals surface area (Å²) in [6.07, 6.45) is 6.07. The van der Waals surface area contributed by atoms with E-state index in [1.807, 2.05) is 13.8 Å². The van der Waals surface area contributed by atoms with Gasteiger partial charge in [0, 0.05) is 11.7 Å². The topological polar surface area (TPSA) is 65.2 Å². The van der Waals surface area contributed by atoms with Gasteiger partial charge in [0.2, 0.25) is 0 Å². The van der Waals surface area contributed by atoms with Crippen LogP contribution in [-0.2, 0) is 4.79 Å². The van der Waals surface area contributed by atoms with Crippen LogP contribution in [0.1, 0.15) is 48.8 Å². The third kappa shape index (κ3) is 5.67. The summed E-state index contributed by atoms with van der Waals surface area (Å²) in [5, 5.41) is 6.94. The van der Waals surface area contributed by atoms with Gasteiger partial charge in [0.05, 0.1) is 6.54 Å². The molecule has 0 aromatic heterocycles. The van der Waals surface area contributed by atoms with Crippen LogP contribution in [0.15, 0.2) is 12.1 Å². The number of nitrogens with one attached hydrogen (secondary N) is 4. The highest BCUT2D eigenvalue weighted by molar-refractivity contribution is 7.80. The van der Waals surface area contributed by atoms with Crippen molar-refractivity contribution in [1.82, 2.24) is 16.2 Å². The van der Waals surface area contributed by atoms with Crippen molar-refractivity contribution in [3.8, 4) is 0 Å². The number of thiocarbonyl (C=S) groups is 1. The van der Waals surface area contributed by atoms with Gasteiger partial charge in [-0.2, -0.15) is 0 Å². The summed E-state index contributed by atoms with van der Waals surface area (Å²) in [5.74, 6) is -0.151. The quantitative estimate of drug-likeness (QED) is 0.498. The Labute approximate surface area is 149 Å². The number of aryl methyl sites for hydroxylation is 3. The standard InChI is InChI=1S/C18H28N4OS/c1-12-9-13(2)17(14(3)10-12)19-11-16(23)21-22-18(24)20-15-7-5-4-6-8-15/h9-10,15,19H,4-8,11H2,1-3H3,(H,21,23)(H2,20,22,24). The monoisotopic (exact) mass is 348 g/mol. The molecule has 0 bridgehead atoms. The van der Waals surface area contributed by atoms with Crippen LogP contribution in [0.2, 0.25) is 0 Å². The molecule has 0 unspecified atom stereocenters. The summed E-state index contributed by atoms with van der Waals surface area (Å²) in [6.45, 7) is 6.36. The van der Waals surface area contributed by atoms with Crippen molar-refractivity contribution in [2.75, 3.05) is 11.9 Å². The Balaban J connectivity index is 1.72. The van der Waals surface area contributed by atoms with Crippen LogP contribution >= 0.6 is 12.2 Å². The van der Waals surface area contributed by atoms with Crippen molar-refractivity contribution in [2.24, 2.45) is 0 Å². The highest BCUT2D eigenvalue weighted by atomic mass is 32.1. The predicted molar refractivity (Wildman–Crippen MR) is 103 cm³/mol. The molecule has 5 nitrogen and oxygen atoms in total. The second-order valence-electron chi connectivity index (χ2n) is 6.61. The van der Waals surface area contributed by atoms with Crippen molar-refractivity contribution in [3.63, 3.8) is 0 Å². The van der Waals surface area contributed by atoms with E-state index in [-0.39, 0.29) is 12.5 Å². The number of benzene rings is 1. The molecule has 1 amide bonds. The van der Waals surface area contributed by atoms with Crippen LogP contribution in [0.3, 0.4) is 0 Å². The minimum absolute atomic E-state index is 0.151. The molecule has 6 heteroatoms. The Kier molecular flexibility index (Phi) is 6.85. The normalized spacial score (nSPS) is 14.8. The summed E-state index contributed by atoms with van der Waals surface area (Å²) < 4.78 is 0. The van der Waals surface area contributed by atoms with E-state index in [1.54, 1.807) is 0 Å². The molecule has 1 aliphatic carbocycles. The fourth-order valence-corrected chi connectivity index (χ4v) is 3.48. The molecule has 0 spiro atoms. The summed E-state index contributed by atoms with van der Waals surface area (Å²) in [4.78, 5) is 12.0. The molecular formula is C18H28N4OS. The zero-order chi connectivity index (χ0) is 17.5. The van der Waals surface area contributed by atoms with E-state index in [4.69, 9.17) is 12.2 Å². The van der Waals surface area contributed by atoms with Crippen LogP contribution in [0.25, 0.3) is 0 Å². The Morgan fingerprint density at radius 2 is 1.71 bits per heavy atom. The molecule has 1 saturated carbocycles. The molecule has 0 atom stereocenters. The summed E-state index contributed by atoms with van der Waals surface area (Å²) >= 11 is 5.23. The lowest BCUT2D eigenvalue weighted by atomic mass is 9.96. The number of hydrogen-bond acceptors (Lipinski definition) is 3. The number of amides is 1. The maximum absolute atomic E-state index is 12.0. The minimum atomic E-state index is -0.151. The molecule has 1 aliphatic rings. The fourth-order valence-electron chi connectivity index (χ4n) is 3.27. The van der Waals surface area contributed by atoms with E-state index in [2.05, 4.69) is 40.5 Å². The first-order valence-electron chi connectivity index (χ1n) is 8.63. The number of rotatable bonds is 4. The Bertz CT molecular complexity index is 574. The van der Waals surface area contributed by atoms with E-state index in [0.29, 0.717) is 11.2 Å². The van der Waals surface area contributed by atoms with Gasteiger partial charge in [-0.25, -0.2) is 0 Å². The maximum Gasteiger partial charge on any atom is 0.257 e. The van der Waals surface area contributed by atoms with Gasteiger partial charge in [0.25, 0.3) is 5.91 Å². The Morgan fingerprint density at radius 3 is 2.33 bits per heavy atom. The molecular weight excluding hydrogens is 320 g/mol. The molecule has 132 valence electrons. The smallest absolute Gasteiger partial charge is 0.257 e. The molecule has 1 fully saturated rings. The maximum atomic E-state index is 12.0. The molecule has 2 rings (SSSR count). The Morgan fingerprint density at radius 1 is 1.08 bits per heavy atom. The SMILES string of the molecule is Cc1cc(C)c(NCC(=O)NNC(=S)NC2CCCCC2)c(C)c1. The van der Waals surface area contributed by atoms with E-state index in [0.717, 1.165) is 29.7 Å². The molecule has 0 heterocycles. The van der Waals surface area contributed by atoms with Crippen LogP contribution in [0.5, 0.6) is 0 Å². The Hall–Kier alpha value is -1.82. The molecule has 1 aromatic rings. The fraction of sp³-hybridized carbons (Fsp3) is 0.556. The molecule has 0 radical (unpaired) electrons. The van der Waals surface area contributed by atoms with Gasteiger partial charge < -0.3 is 10.6 Å². The average Bonchev–Trinajstić information content (AvgIpc) is 2.53. The van der Waals surface area contributed by atoms with Crippen molar-refractivity contribution in [1.29, 1.82) is 0 Å². The van der Waals surface area contributed by atoms with Crippen molar-refractivity contribution in [3.05, 3.63) is 28.8 Å². The van der Waals surface area contributed by atoms with Crippen LogP contribution in [0, 0.1) is 20.8 Å². The van der Waals surface area contributed by atoms with Crippen LogP contribution in [-0.4, -0.2) is 23.6 Å². The second-order valence-corrected chi connectivity index (χ2v) is 7.02. The minimum Gasteiger partial charge on any atom is -0.376 e. The first kappa shape index (κ1) is 18.5. The van der Waals surface area contributed by atoms with Gasteiger partial charge in [0.15, 0.2) is 5.11 Å². The van der Waals surface area contributed by atoms with E-state index in [1.165, 1.54) is 24.8 Å². The highest BCUT2D eigenvalue weighted by Gasteiger charge is 2.14. The predicted octanol–water partition coefficient (Wildman–Crippen LogP) is 2.85. The lowest BCUT2D eigenvalue weighted by Gasteiger charge is -2.24. The number of hydrazine groups is 1. The lowest BCUT2D eigenvalue weighted by Crippen LogP contribution is -2.51. The first-order chi connectivity index (χ1) is 11.5. The van der Waals surface area contributed by atoms with Gasteiger partial charge >= 0.3 is 0 Å². The van der Waals surface area contributed by atoms with Gasteiger partial charge in [-0.1, -0.05) is 37.0 Å². The molecule has 4 N–H and O–H groups in total. The largest absolute Gasteiger partial charge is 0.376 e. The molecule has 0 aliphatic heterocycles. The summed E-state index contributed by atoms with van der Waals surface area (Å²) in [7, 11) is 0. The van der Waals surface area contributed by atoms with E-state index < -0.39 is 0 Å². The third-order valence-corrected chi connectivity index (χ3v) is 4.58. The van der Waals surface area contributed by atoms with Crippen LogP contribution in [0.4, 0.5) is 5.69 Å². The molecule has 1 aromatic carbocycles. The summed E-state index contributed by atoms with van der Waals surface area (Å²) in [6, 6.07) is 4.63. The number of carbonyl (C=O) groups is 1. The second kappa shape index (κ2) is 8.87. The number of carbonyl (C=O) groups excluding carboxylic acids is 1. The van der Waals surface area contributed by atoms with Gasteiger partial charge in [-0.15, -0.1) is 0 Å². The average molecular weight is 349 g/mol. The van der Waals surface area contributed by atoms with Crippen molar-refractivity contribution >= 4 is 28.9 Å². The third-order valence-electron chi connectivity index (χ3n) is 4.36. The van der Waals surface area contributed by atoms with E-state index >= 15 is 0 Å². The number of hydrogen-bond donors (Lipinski definition) is 4.